The summed E-state index contributed by atoms with van der Waals surface area (Å²) in [4.78, 5) is 35.8. The lowest BCUT2D eigenvalue weighted by Gasteiger charge is -2.41. The maximum atomic E-state index is 12.8. The molecule has 66 heavy (non-hydrogen) atoms. The Balaban J connectivity index is 1.77. The number of rotatable bonds is 36. The van der Waals surface area contributed by atoms with Crippen LogP contribution in [0.25, 0.3) is 0 Å². The van der Waals surface area contributed by atoms with Gasteiger partial charge in [0.15, 0.2) is 6.10 Å². The molecule has 5 unspecified atom stereocenters. The molecular weight excluding hydrogens is 868 g/mol. The Labute approximate surface area is 393 Å². The van der Waals surface area contributed by atoms with Gasteiger partial charge in [0.05, 0.1) is 18.8 Å². The third-order valence-electron chi connectivity index (χ3n) is 10.5. The van der Waals surface area contributed by atoms with Crippen LogP contribution in [0.3, 0.4) is 0 Å². The standard InChI is InChI=1S/C51H79O14P/c1-3-5-7-9-11-13-14-15-16-17-18-19-20-21-22-24-26-28-34-38-45(53)63-41(40-62-66(59,60)65-51-49(57)47(55)46(54)48(56)50(51)58)39-61-44(52)37-33-30-29-32-36-43-42(64-43)35-31-27-25-23-12-10-8-6-4-2/h5,7,11-13,15-16,18-19,21-23,26-29,31-32,41-43,46-51,54-58H,3-4,6,8-10,14,17,20,24-25,30,33-40H2,1-2H3,(H,59,60)/b7-5-,13-11-,16-15-,19-18-,22-21-,23-12-,28-26-,31-27-,32-29-/t41-,42?,43?,46?,47-,48+,49-,50-,51?/m1/s1. The summed E-state index contributed by atoms with van der Waals surface area (Å²) in [5.41, 5.74) is 0. The molecule has 6 N–H and O–H groups in total. The Kier molecular flexibility index (Phi) is 32.4. The van der Waals surface area contributed by atoms with Crippen LogP contribution in [-0.4, -0.2) is 111 Å². The van der Waals surface area contributed by atoms with Gasteiger partial charge in [-0.05, 0) is 89.9 Å². The highest BCUT2D eigenvalue weighted by Crippen LogP contribution is 2.47. The normalized spacial score (nSPS) is 25.3. The number of unbranched alkanes of at least 4 members (excludes halogenated alkanes) is 4. The number of hydrogen-bond donors (Lipinski definition) is 6. The molecular formula is C51H79O14P. The minimum atomic E-state index is -5.17. The molecule has 372 valence electrons. The van der Waals surface area contributed by atoms with E-state index in [-0.39, 0.29) is 25.0 Å². The zero-order valence-electron chi connectivity index (χ0n) is 39.1. The highest BCUT2D eigenvalue weighted by atomic mass is 31.2. The third-order valence-corrected chi connectivity index (χ3v) is 11.5. The van der Waals surface area contributed by atoms with Crippen LogP contribution in [0.5, 0.6) is 0 Å². The first-order chi connectivity index (χ1) is 31.9. The number of carbonyl (C=O) groups excluding carboxylic acids is 2. The van der Waals surface area contributed by atoms with Gasteiger partial charge in [-0.25, -0.2) is 4.57 Å². The van der Waals surface area contributed by atoms with Crippen molar-refractivity contribution in [3.63, 3.8) is 0 Å². The molecule has 0 aromatic rings. The number of phosphoric acid groups is 1. The lowest BCUT2D eigenvalue weighted by atomic mass is 9.85. The van der Waals surface area contributed by atoms with Crippen molar-refractivity contribution in [1.29, 1.82) is 0 Å². The zero-order chi connectivity index (χ0) is 48.3. The zero-order valence-corrected chi connectivity index (χ0v) is 40.0. The molecule has 1 saturated carbocycles. The number of hydrogen-bond acceptors (Lipinski definition) is 13. The van der Waals surface area contributed by atoms with Gasteiger partial charge in [-0.2, -0.15) is 0 Å². The maximum absolute atomic E-state index is 12.8. The van der Waals surface area contributed by atoms with E-state index in [1.807, 2.05) is 30.4 Å². The molecule has 0 amide bonds. The fourth-order valence-corrected chi connectivity index (χ4v) is 7.55. The monoisotopic (exact) mass is 947 g/mol. The number of aliphatic hydroxyl groups excluding tert-OH is 5. The summed E-state index contributed by atoms with van der Waals surface area (Å²) in [5, 5.41) is 50.2. The predicted octanol–water partition coefficient (Wildman–Crippen LogP) is 8.60. The summed E-state index contributed by atoms with van der Waals surface area (Å²) >= 11 is 0. The average Bonchev–Trinajstić information content (AvgIpc) is 4.06. The fourth-order valence-electron chi connectivity index (χ4n) is 6.58. The first-order valence-corrected chi connectivity index (χ1v) is 25.3. The molecule has 2 fully saturated rings. The van der Waals surface area contributed by atoms with Crippen molar-refractivity contribution in [3.8, 4) is 0 Å². The predicted molar refractivity (Wildman–Crippen MR) is 257 cm³/mol. The summed E-state index contributed by atoms with van der Waals surface area (Å²) in [5.74, 6) is -1.28. The number of carbonyl (C=O) groups is 2. The van der Waals surface area contributed by atoms with E-state index in [4.69, 9.17) is 23.3 Å². The van der Waals surface area contributed by atoms with Gasteiger partial charge in [-0.3, -0.25) is 18.6 Å². The van der Waals surface area contributed by atoms with Gasteiger partial charge < -0.3 is 44.6 Å². The third kappa shape index (κ3) is 28.0. The summed E-state index contributed by atoms with van der Waals surface area (Å²) in [6, 6.07) is 0. The first-order valence-electron chi connectivity index (χ1n) is 23.8. The number of esters is 2. The Hall–Kier alpha value is -3.53. The van der Waals surface area contributed by atoms with E-state index in [1.165, 1.54) is 19.3 Å². The smallest absolute Gasteiger partial charge is 0.462 e. The highest BCUT2D eigenvalue weighted by molar-refractivity contribution is 7.47. The van der Waals surface area contributed by atoms with Gasteiger partial charge >= 0.3 is 19.8 Å². The largest absolute Gasteiger partial charge is 0.472 e. The van der Waals surface area contributed by atoms with E-state index in [0.717, 1.165) is 57.8 Å². The molecule has 0 spiro atoms. The molecule has 0 radical (unpaired) electrons. The van der Waals surface area contributed by atoms with Crippen molar-refractivity contribution in [2.24, 2.45) is 0 Å². The second kappa shape index (κ2) is 36.5. The molecule has 0 aromatic heterocycles. The lowest BCUT2D eigenvalue weighted by Crippen LogP contribution is -2.64. The van der Waals surface area contributed by atoms with E-state index < -0.39 is 75.7 Å². The van der Waals surface area contributed by atoms with Crippen LogP contribution in [0, 0.1) is 0 Å². The molecule has 1 aliphatic heterocycles. The summed E-state index contributed by atoms with van der Waals surface area (Å²) in [6.07, 6.45) is 38.9. The fraction of sp³-hybridized carbons (Fsp3) is 0.608. The van der Waals surface area contributed by atoms with E-state index in [2.05, 4.69) is 92.8 Å². The van der Waals surface area contributed by atoms with Crippen LogP contribution in [0.1, 0.15) is 129 Å². The molecule has 2 rings (SSSR count). The van der Waals surface area contributed by atoms with Crippen LogP contribution in [-0.2, 0) is 37.4 Å². The number of epoxide rings is 1. The van der Waals surface area contributed by atoms with Crippen LogP contribution in [0.2, 0.25) is 0 Å². The summed E-state index contributed by atoms with van der Waals surface area (Å²) < 4.78 is 39.2. The van der Waals surface area contributed by atoms with Gasteiger partial charge in [0.2, 0.25) is 0 Å². The number of allylic oxidation sites excluding steroid dienone is 16. The molecule has 2 aliphatic rings. The van der Waals surface area contributed by atoms with Gasteiger partial charge in [-0.1, -0.05) is 136 Å². The molecule has 10 atom stereocenters. The second-order valence-corrected chi connectivity index (χ2v) is 17.7. The van der Waals surface area contributed by atoms with Crippen LogP contribution >= 0.6 is 7.82 Å². The topological polar surface area (TPSA) is 222 Å². The molecule has 1 saturated heterocycles. The quantitative estimate of drug-likeness (QED) is 0.0114. The first kappa shape index (κ1) is 58.6. The van der Waals surface area contributed by atoms with Crippen molar-refractivity contribution in [3.05, 3.63) is 109 Å². The molecule has 1 aliphatic carbocycles. The lowest BCUT2D eigenvalue weighted by molar-refractivity contribution is -0.220. The van der Waals surface area contributed by atoms with Crippen LogP contribution in [0.15, 0.2) is 109 Å². The van der Waals surface area contributed by atoms with Crippen LogP contribution < -0.4 is 0 Å². The number of ether oxygens (including phenoxy) is 3. The van der Waals surface area contributed by atoms with E-state index >= 15 is 0 Å². The summed E-state index contributed by atoms with van der Waals surface area (Å²) in [6.45, 7) is 3.02. The van der Waals surface area contributed by atoms with Gasteiger partial charge in [0, 0.05) is 12.8 Å². The molecule has 0 aromatic carbocycles. The van der Waals surface area contributed by atoms with Crippen molar-refractivity contribution in [1.82, 2.24) is 0 Å². The van der Waals surface area contributed by atoms with E-state index in [1.54, 1.807) is 0 Å². The van der Waals surface area contributed by atoms with Crippen molar-refractivity contribution >= 4 is 19.8 Å². The Bertz CT molecular complexity index is 1630. The minimum absolute atomic E-state index is 0.0506. The SMILES string of the molecule is CC/C=C\C/C=C\C/C=C\C/C=C\C/C=C\C/C=C\CCC(=O)O[C@H](COC(=O)CCC/C=C\CC1OC1C/C=C\C/C=C\CCCCC)COP(=O)(O)OC1[C@H](O)[C@H](O)C(O)[C@H](O)[C@H]1O. The molecule has 15 heteroatoms. The average molecular weight is 947 g/mol. The molecule has 1 heterocycles. The highest BCUT2D eigenvalue weighted by Gasteiger charge is 2.51. The van der Waals surface area contributed by atoms with Crippen molar-refractivity contribution < 1.29 is 67.8 Å². The van der Waals surface area contributed by atoms with Crippen molar-refractivity contribution in [2.75, 3.05) is 13.2 Å². The minimum Gasteiger partial charge on any atom is -0.462 e. The Morgan fingerprint density at radius 2 is 1.00 bits per heavy atom. The Morgan fingerprint density at radius 1 is 0.545 bits per heavy atom. The molecule has 0 bridgehead atoms. The van der Waals surface area contributed by atoms with Crippen molar-refractivity contribution in [2.45, 2.75) is 184 Å². The number of phosphoric ester groups is 1. The second-order valence-electron chi connectivity index (χ2n) is 16.3. The van der Waals surface area contributed by atoms with Gasteiger partial charge in [0.25, 0.3) is 0 Å². The molecule has 14 nitrogen and oxygen atoms in total. The van der Waals surface area contributed by atoms with Crippen LogP contribution in [0.4, 0.5) is 0 Å². The summed E-state index contributed by atoms with van der Waals surface area (Å²) in [7, 11) is -5.17. The van der Waals surface area contributed by atoms with Gasteiger partial charge in [0.1, 0.15) is 43.2 Å². The van der Waals surface area contributed by atoms with E-state index in [0.29, 0.717) is 25.7 Å². The van der Waals surface area contributed by atoms with E-state index in [9.17, 15) is 44.6 Å². The maximum Gasteiger partial charge on any atom is 0.472 e. The number of aliphatic hydroxyl groups is 5. The Morgan fingerprint density at radius 3 is 1.55 bits per heavy atom. The van der Waals surface area contributed by atoms with Gasteiger partial charge in [-0.15, -0.1) is 0 Å².